The minimum Gasteiger partial charge on any atom is -0.491 e. The number of hydrogen-bond donors (Lipinski definition) is 3. The maximum Gasteiger partial charge on any atom is 0.490 e. The minimum absolute atomic E-state index is 0.0460. The number of aryl methyl sites for hydroxylation is 3. The summed E-state index contributed by atoms with van der Waals surface area (Å²) in [4.78, 5) is 27.5. The van der Waals surface area contributed by atoms with Crippen LogP contribution in [0.2, 0.25) is 0 Å². The largest absolute Gasteiger partial charge is 0.491 e. The molecule has 0 atom stereocenters. The molecule has 2 aromatic heterocycles. The number of carboxylic acid groups (broad SMARTS) is 1. The summed E-state index contributed by atoms with van der Waals surface area (Å²) >= 11 is 1.62. The van der Waals surface area contributed by atoms with Gasteiger partial charge < -0.3 is 25.8 Å². The van der Waals surface area contributed by atoms with E-state index in [4.69, 9.17) is 25.4 Å². The second-order valence-electron chi connectivity index (χ2n) is 10.1. The lowest BCUT2D eigenvalue weighted by Crippen LogP contribution is -2.31. The number of unbranched alkanes of at least 4 members (excludes halogenated alkanes) is 1. The summed E-state index contributed by atoms with van der Waals surface area (Å²) in [5.41, 5.74) is 10.7. The van der Waals surface area contributed by atoms with Gasteiger partial charge in [0, 0.05) is 24.5 Å². The molecule has 11 nitrogen and oxygen atoms in total. The van der Waals surface area contributed by atoms with Crippen molar-refractivity contribution in [1.82, 2.24) is 30.2 Å². The first-order chi connectivity index (χ1) is 21.6. The molecule has 0 bridgehead atoms. The van der Waals surface area contributed by atoms with Crippen molar-refractivity contribution in [3.63, 3.8) is 0 Å². The average Bonchev–Trinajstić information content (AvgIpc) is 3.79. The van der Waals surface area contributed by atoms with Gasteiger partial charge in [-0.1, -0.05) is 35.5 Å². The van der Waals surface area contributed by atoms with Crippen LogP contribution in [0.5, 0.6) is 5.75 Å². The molecule has 1 aliphatic rings. The summed E-state index contributed by atoms with van der Waals surface area (Å²) in [5, 5.41) is 21.6. The smallest absolute Gasteiger partial charge is 0.490 e. The molecular formula is C30H34F3N7O4S. The van der Waals surface area contributed by atoms with Crippen molar-refractivity contribution in [3.05, 3.63) is 77.1 Å². The lowest BCUT2D eigenvalue weighted by Gasteiger charge is -2.16. The Balaban J connectivity index is 0.000000591. The maximum absolute atomic E-state index is 11.9. The molecular weight excluding hydrogens is 611 g/mol. The third-order valence-electron chi connectivity index (χ3n) is 6.76. The molecule has 2 aromatic carbocycles. The van der Waals surface area contributed by atoms with E-state index in [0.29, 0.717) is 38.5 Å². The summed E-state index contributed by atoms with van der Waals surface area (Å²) in [5.74, 6) is -2.04. The Labute approximate surface area is 261 Å². The predicted octanol–water partition coefficient (Wildman–Crippen LogP) is 4.49. The average molecular weight is 646 g/mol. The number of nitrogens with zero attached hydrogens (tertiary/aromatic N) is 5. The van der Waals surface area contributed by atoms with Crippen molar-refractivity contribution < 1.29 is 32.6 Å². The molecule has 0 aliphatic carbocycles. The number of amides is 2. The van der Waals surface area contributed by atoms with Crippen LogP contribution in [0.3, 0.4) is 0 Å². The van der Waals surface area contributed by atoms with Gasteiger partial charge >= 0.3 is 18.2 Å². The maximum atomic E-state index is 11.9. The zero-order chi connectivity index (χ0) is 32.2. The van der Waals surface area contributed by atoms with Crippen molar-refractivity contribution in [2.24, 2.45) is 5.73 Å². The molecule has 4 N–H and O–H groups in total. The van der Waals surface area contributed by atoms with E-state index in [1.807, 2.05) is 30.5 Å². The predicted molar refractivity (Wildman–Crippen MR) is 162 cm³/mol. The molecule has 5 rings (SSSR count). The second-order valence-corrected chi connectivity index (χ2v) is 10.9. The number of urea groups is 1. The Hall–Kier alpha value is -4.50. The van der Waals surface area contributed by atoms with Crippen molar-refractivity contribution in [2.75, 3.05) is 32.8 Å². The molecule has 0 unspecified atom stereocenters. The van der Waals surface area contributed by atoms with E-state index in [-0.39, 0.29) is 6.03 Å². The van der Waals surface area contributed by atoms with Crippen LogP contribution in [0.1, 0.15) is 29.8 Å². The number of alkyl halides is 3. The van der Waals surface area contributed by atoms with E-state index in [1.54, 1.807) is 20.9 Å². The molecule has 0 radical (unpaired) electrons. The molecule has 45 heavy (non-hydrogen) atoms. The molecule has 3 heterocycles. The third kappa shape index (κ3) is 10.0. The summed E-state index contributed by atoms with van der Waals surface area (Å²) in [6.45, 7) is 2.95. The Kier molecular flexibility index (Phi) is 11.9. The van der Waals surface area contributed by atoms with Crippen molar-refractivity contribution in [3.8, 4) is 22.0 Å². The first-order valence-electron chi connectivity index (χ1n) is 14.3. The van der Waals surface area contributed by atoms with Gasteiger partial charge in [0.2, 0.25) is 0 Å². The summed E-state index contributed by atoms with van der Waals surface area (Å²) < 4.78 is 39.8. The number of halogens is 3. The van der Waals surface area contributed by atoms with Crippen LogP contribution in [0.15, 0.2) is 60.1 Å². The van der Waals surface area contributed by atoms with Crippen LogP contribution in [0, 0.1) is 0 Å². The van der Waals surface area contributed by atoms with Gasteiger partial charge in [-0.25, -0.2) is 19.3 Å². The Morgan fingerprint density at radius 1 is 1.09 bits per heavy atom. The van der Waals surface area contributed by atoms with E-state index in [0.717, 1.165) is 59.8 Å². The first-order valence-corrected chi connectivity index (χ1v) is 15.2. The highest BCUT2D eigenvalue weighted by Crippen LogP contribution is 2.34. The standard InChI is InChI=1S/C28H33N7O2S.C2HF3O2/c29-13-5-4-8-22-19-35(33-32-22)24-11-12-25(26(18-24)37-17-16-34-15-14-30-28(34)36)27-31-23(20-38-27)10-9-21-6-2-1-3-7-21;3-2(4,5)1(6)7/h1-3,6-7,11-12,18-20H,4-5,8-10,13-17,29H2,(H,30,36);(H,6,7). The highest BCUT2D eigenvalue weighted by molar-refractivity contribution is 7.13. The number of aliphatic carboxylic acids is 1. The Morgan fingerprint density at radius 2 is 1.87 bits per heavy atom. The quantitative estimate of drug-likeness (QED) is 0.180. The van der Waals surface area contributed by atoms with Gasteiger partial charge in [-0.05, 0) is 56.3 Å². The minimum atomic E-state index is -5.08. The number of aromatic nitrogens is 4. The first kappa shape index (κ1) is 33.4. The van der Waals surface area contributed by atoms with E-state index < -0.39 is 12.1 Å². The van der Waals surface area contributed by atoms with Gasteiger partial charge in [-0.15, -0.1) is 16.4 Å². The number of thiazole rings is 1. The van der Waals surface area contributed by atoms with Crippen LogP contribution < -0.4 is 15.8 Å². The Bertz CT molecular complexity index is 1550. The van der Waals surface area contributed by atoms with Crippen molar-refractivity contribution in [1.29, 1.82) is 0 Å². The van der Waals surface area contributed by atoms with Gasteiger partial charge in [0.05, 0.1) is 35.4 Å². The summed E-state index contributed by atoms with van der Waals surface area (Å²) in [6, 6.07) is 16.4. The number of rotatable bonds is 13. The van der Waals surface area contributed by atoms with Gasteiger partial charge in [-0.3, -0.25) is 0 Å². The monoisotopic (exact) mass is 645 g/mol. The topological polar surface area (TPSA) is 148 Å². The van der Waals surface area contributed by atoms with Crippen LogP contribution >= 0.6 is 11.3 Å². The van der Waals surface area contributed by atoms with E-state index in [2.05, 4.69) is 45.3 Å². The normalized spacial score (nSPS) is 12.9. The van der Waals surface area contributed by atoms with Crippen molar-refractivity contribution >= 4 is 23.3 Å². The van der Waals surface area contributed by atoms with Crippen LogP contribution in [0.4, 0.5) is 18.0 Å². The SMILES string of the molecule is NCCCCc1cn(-c2ccc(-c3nc(CCc4ccccc4)cs3)c(OCCN3CCNC3=O)c2)nn1.O=C(O)C(F)(F)F. The molecule has 0 spiro atoms. The van der Waals surface area contributed by atoms with Crippen molar-refractivity contribution in [2.45, 2.75) is 38.3 Å². The molecule has 2 amide bonds. The number of nitrogens with one attached hydrogen (secondary N) is 1. The van der Waals surface area contributed by atoms with Crippen LogP contribution in [0.25, 0.3) is 16.3 Å². The fourth-order valence-corrected chi connectivity index (χ4v) is 5.28. The number of ether oxygens (including phenoxy) is 1. The second kappa shape index (κ2) is 16.0. The number of benzene rings is 2. The fraction of sp³-hybridized carbons (Fsp3) is 0.367. The lowest BCUT2D eigenvalue weighted by atomic mass is 10.1. The van der Waals surface area contributed by atoms with Crippen LogP contribution in [-0.2, 0) is 24.1 Å². The zero-order valence-corrected chi connectivity index (χ0v) is 25.2. The fourth-order valence-electron chi connectivity index (χ4n) is 4.39. The molecule has 4 aromatic rings. The van der Waals surface area contributed by atoms with Gasteiger partial charge in [-0.2, -0.15) is 13.2 Å². The Morgan fingerprint density at radius 3 is 2.56 bits per heavy atom. The lowest BCUT2D eigenvalue weighted by molar-refractivity contribution is -0.192. The zero-order valence-electron chi connectivity index (χ0n) is 24.4. The highest BCUT2D eigenvalue weighted by atomic mass is 32.1. The molecule has 15 heteroatoms. The molecule has 1 saturated heterocycles. The van der Waals surface area contributed by atoms with Gasteiger partial charge in [0.25, 0.3) is 0 Å². The number of carbonyl (C=O) groups is 2. The number of nitrogens with two attached hydrogens (primary N) is 1. The van der Waals surface area contributed by atoms with E-state index in [9.17, 15) is 18.0 Å². The van der Waals surface area contributed by atoms with E-state index >= 15 is 0 Å². The molecule has 240 valence electrons. The van der Waals surface area contributed by atoms with Crippen LogP contribution in [-0.4, -0.2) is 80.9 Å². The number of carbonyl (C=O) groups excluding carboxylic acids is 1. The molecule has 0 saturated carbocycles. The summed E-state index contributed by atoms with van der Waals surface area (Å²) in [7, 11) is 0. The molecule has 1 aliphatic heterocycles. The third-order valence-corrected chi connectivity index (χ3v) is 7.68. The molecule has 1 fully saturated rings. The number of hydrogen-bond acceptors (Lipinski definition) is 8. The van der Waals surface area contributed by atoms with Gasteiger partial charge in [0.15, 0.2) is 0 Å². The van der Waals surface area contributed by atoms with Gasteiger partial charge in [0.1, 0.15) is 17.4 Å². The summed E-state index contributed by atoms with van der Waals surface area (Å²) in [6.07, 6.45) is 1.50. The highest BCUT2D eigenvalue weighted by Gasteiger charge is 2.38. The van der Waals surface area contributed by atoms with E-state index in [1.165, 1.54) is 5.56 Å². The number of carboxylic acids is 1.